The average Bonchev–Trinajstić information content (AvgIpc) is 2.45. The van der Waals surface area contributed by atoms with Crippen LogP contribution in [0.3, 0.4) is 0 Å². The van der Waals surface area contributed by atoms with E-state index in [1.165, 1.54) is 12.1 Å². The number of aliphatic hydroxyl groups is 1. The van der Waals surface area contributed by atoms with Crippen molar-refractivity contribution in [2.45, 2.75) is 45.6 Å². The number of non-ortho nitro benzene ring substituents is 1. The number of nitrogens with one attached hydrogen (secondary N) is 1. The highest BCUT2D eigenvalue weighted by atomic mass is 16.6. The predicted molar refractivity (Wildman–Crippen MR) is 89.1 cm³/mol. The molecule has 1 aromatic rings. The minimum absolute atomic E-state index is 0.0373. The number of hydrogen-bond acceptors (Lipinski definition) is 7. The fourth-order valence-corrected chi connectivity index (χ4v) is 3.11. The molecule has 0 aliphatic heterocycles. The molecule has 0 saturated heterocycles. The van der Waals surface area contributed by atoms with Gasteiger partial charge in [-0.2, -0.15) is 5.10 Å². The fourth-order valence-electron chi connectivity index (χ4n) is 3.11. The molecule has 0 bridgehead atoms. The van der Waals surface area contributed by atoms with Crippen molar-refractivity contribution >= 4 is 22.8 Å². The van der Waals surface area contributed by atoms with Crippen LogP contribution in [0.15, 0.2) is 23.3 Å². The Kier molecular flexibility index (Phi) is 4.57. The van der Waals surface area contributed by atoms with E-state index in [-0.39, 0.29) is 16.8 Å². The topological polar surface area (TPSA) is 131 Å². The van der Waals surface area contributed by atoms with Crippen LogP contribution >= 0.6 is 0 Å². The Morgan fingerprint density at radius 2 is 1.83 bits per heavy atom. The van der Waals surface area contributed by atoms with Crippen molar-refractivity contribution in [3.05, 3.63) is 38.4 Å². The molecule has 1 atom stereocenters. The standard InChI is InChI=1S/C15H20N4O5/c1-14(2)7-4-8-15(3,20)13(14)17-16-11-6-5-10(18(21)22)9-12(11)19(23)24/h5-6,9,16,20H,4,7-8H2,1-3H3. The number of anilines is 1. The minimum atomic E-state index is -1.11. The molecule has 9 nitrogen and oxygen atoms in total. The van der Waals surface area contributed by atoms with E-state index < -0.39 is 21.1 Å². The van der Waals surface area contributed by atoms with Gasteiger partial charge in [-0.05, 0) is 32.3 Å². The van der Waals surface area contributed by atoms with Crippen molar-refractivity contribution in [2.24, 2.45) is 10.5 Å². The zero-order valence-electron chi connectivity index (χ0n) is 13.8. The summed E-state index contributed by atoms with van der Waals surface area (Å²) in [6.07, 6.45) is 2.25. The summed E-state index contributed by atoms with van der Waals surface area (Å²) in [6, 6.07) is 3.29. The van der Waals surface area contributed by atoms with E-state index in [0.29, 0.717) is 12.1 Å². The van der Waals surface area contributed by atoms with Gasteiger partial charge in [-0.25, -0.2) is 0 Å². The fraction of sp³-hybridized carbons (Fsp3) is 0.533. The molecule has 1 aromatic carbocycles. The van der Waals surface area contributed by atoms with E-state index >= 15 is 0 Å². The summed E-state index contributed by atoms with van der Waals surface area (Å²) in [4.78, 5) is 20.5. The van der Waals surface area contributed by atoms with Crippen LogP contribution < -0.4 is 5.43 Å². The van der Waals surface area contributed by atoms with Crippen LogP contribution in [0.25, 0.3) is 0 Å². The van der Waals surface area contributed by atoms with Crippen molar-refractivity contribution in [2.75, 3.05) is 5.43 Å². The molecule has 0 amide bonds. The third-order valence-electron chi connectivity index (χ3n) is 4.29. The molecule has 1 aliphatic rings. The summed E-state index contributed by atoms with van der Waals surface area (Å²) in [7, 11) is 0. The van der Waals surface area contributed by atoms with Crippen LogP contribution in [0, 0.1) is 25.6 Å². The van der Waals surface area contributed by atoms with Crippen molar-refractivity contribution in [1.82, 2.24) is 0 Å². The van der Waals surface area contributed by atoms with Crippen molar-refractivity contribution < 1.29 is 15.0 Å². The summed E-state index contributed by atoms with van der Waals surface area (Å²) >= 11 is 0. The minimum Gasteiger partial charge on any atom is -0.384 e. The lowest BCUT2D eigenvalue weighted by Crippen LogP contribution is -2.48. The van der Waals surface area contributed by atoms with Gasteiger partial charge in [0, 0.05) is 11.5 Å². The molecule has 9 heteroatoms. The van der Waals surface area contributed by atoms with E-state index in [1.807, 2.05) is 13.8 Å². The maximum Gasteiger partial charge on any atom is 0.301 e. The Balaban J connectivity index is 2.40. The molecular formula is C15H20N4O5. The van der Waals surface area contributed by atoms with Gasteiger partial charge in [0.25, 0.3) is 5.69 Å². The summed E-state index contributed by atoms with van der Waals surface area (Å²) in [5, 5.41) is 36.7. The molecule has 0 spiro atoms. The van der Waals surface area contributed by atoms with Crippen LogP contribution in [0.1, 0.15) is 40.0 Å². The maximum absolute atomic E-state index is 11.1. The lowest BCUT2D eigenvalue weighted by atomic mass is 9.68. The first-order valence-electron chi connectivity index (χ1n) is 7.54. The number of hydrazone groups is 1. The van der Waals surface area contributed by atoms with Crippen LogP contribution in [-0.4, -0.2) is 26.3 Å². The molecule has 1 saturated carbocycles. The Labute approximate surface area is 138 Å². The van der Waals surface area contributed by atoms with Crippen LogP contribution in [0.4, 0.5) is 17.1 Å². The lowest BCUT2D eigenvalue weighted by Gasteiger charge is -2.40. The number of benzene rings is 1. The molecule has 0 heterocycles. The predicted octanol–water partition coefficient (Wildman–Crippen LogP) is 3.23. The number of rotatable bonds is 4. The second-order valence-corrected chi connectivity index (χ2v) is 6.80. The molecule has 1 fully saturated rings. The van der Waals surface area contributed by atoms with Crippen molar-refractivity contribution in [1.29, 1.82) is 0 Å². The molecule has 2 N–H and O–H groups in total. The zero-order valence-corrected chi connectivity index (χ0v) is 13.8. The molecule has 0 radical (unpaired) electrons. The highest BCUT2D eigenvalue weighted by Gasteiger charge is 2.42. The normalized spacial score (nSPS) is 24.6. The first-order valence-corrected chi connectivity index (χ1v) is 7.54. The van der Waals surface area contributed by atoms with E-state index in [0.717, 1.165) is 18.9 Å². The van der Waals surface area contributed by atoms with Gasteiger partial charge < -0.3 is 5.11 Å². The maximum atomic E-state index is 11.1. The molecular weight excluding hydrogens is 316 g/mol. The smallest absolute Gasteiger partial charge is 0.301 e. The van der Waals surface area contributed by atoms with Gasteiger partial charge in [0.05, 0.1) is 21.6 Å². The lowest BCUT2D eigenvalue weighted by molar-refractivity contribution is -0.393. The summed E-state index contributed by atoms with van der Waals surface area (Å²) in [5.41, 5.74) is 0.874. The quantitative estimate of drug-likeness (QED) is 0.641. The van der Waals surface area contributed by atoms with Crippen LogP contribution in [0.5, 0.6) is 0 Å². The number of nitrogens with zero attached hydrogens (tertiary/aromatic N) is 3. The Morgan fingerprint density at radius 3 is 2.38 bits per heavy atom. The first-order chi connectivity index (χ1) is 11.0. The van der Waals surface area contributed by atoms with Crippen molar-refractivity contribution in [3.63, 3.8) is 0 Å². The third-order valence-corrected chi connectivity index (χ3v) is 4.29. The first kappa shape index (κ1) is 17.8. The Bertz CT molecular complexity index is 694. The van der Waals surface area contributed by atoms with Crippen LogP contribution in [0.2, 0.25) is 0 Å². The molecule has 1 aliphatic carbocycles. The molecule has 0 aromatic heterocycles. The van der Waals surface area contributed by atoms with Gasteiger partial charge in [-0.1, -0.05) is 13.8 Å². The molecule has 130 valence electrons. The second kappa shape index (κ2) is 6.16. The third kappa shape index (κ3) is 3.51. The van der Waals surface area contributed by atoms with Crippen molar-refractivity contribution in [3.8, 4) is 0 Å². The van der Waals surface area contributed by atoms with Gasteiger partial charge in [0.2, 0.25) is 0 Å². The average molecular weight is 336 g/mol. The summed E-state index contributed by atoms with van der Waals surface area (Å²) < 4.78 is 0. The highest BCUT2D eigenvalue weighted by molar-refractivity contribution is 5.97. The highest BCUT2D eigenvalue weighted by Crippen LogP contribution is 2.39. The van der Waals surface area contributed by atoms with Gasteiger partial charge in [-0.3, -0.25) is 25.7 Å². The largest absolute Gasteiger partial charge is 0.384 e. The second-order valence-electron chi connectivity index (χ2n) is 6.80. The van der Waals surface area contributed by atoms with E-state index in [4.69, 9.17) is 0 Å². The number of hydrogen-bond donors (Lipinski definition) is 2. The zero-order chi connectivity index (χ0) is 18.1. The summed E-state index contributed by atoms with van der Waals surface area (Å²) in [5.74, 6) is 0. The van der Waals surface area contributed by atoms with E-state index in [1.54, 1.807) is 6.92 Å². The monoisotopic (exact) mass is 336 g/mol. The van der Waals surface area contributed by atoms with E-state index in [9.17, 15) is 25.3 Å². The number of nitro benzene ring substituents is 2. The van der Waals surface area contributed by atoms with Gasteiger partial charge in [0.1, 0.15) is 11.3 Å². The summed E-state index contributed by atoms with van der Waals surface area (Å²) in [6.45, 7) is 5.56. The van der Waals surface area contributed by atoms with E-state index in [2.05, 4.69) is 10.5 Å². The molecule has 2 rings (SSSR count). The molecule has 1 unspecified atom stereocenters. The van der Waals surface area contributed by atoms with Gasteiger partial charge in [-0.15, -0.1) is 0 Å². The Morgan fingerprint density at radius 1 is 1.17 bits per heavy atom. The van der Waals surface area contributed by atoms with Crippen LogP contribution in [-0.2, 0) is 0 Å². The van der Waals surface area contributed by atoms with Gasteiger partial charge >= 0.3 is 5.69 Å². The Hall–Kier alpha value is -2.55. The van der Waals surface area contributed by atoms with Gasteiger partial charge in [0.15, 0.2) is 0 Å². The molecule has 24 heavy (non-hydrogen) atoms. The number of nitro groups is 2. The SMILES string of the molecule is CC1(C)CCCC(C)(O)C1=NNc1ccc([N+](=O)[O-])cc1[N+](=O)[O-].